The first-order chi connectivity index (χ1) is 10.1. The number of hydrogen-bond acceptors (Lipinski definition) is 3. The summed E-state index contributed by atoms with van der Waals surface area (Å²) in [4.78, 5) is 12.5. The Morgan fingerprint density at radius 2 is 2.00 bits per heavy atom. The molecule has 3 N–H and O–H groups in total. The van der Waals surface area contributed by atoms with Gasteiger partial charge in [-0.15, -0.1) is 0 Å². The van der Waals surface area contributed by atoms with E-state index in [1.165, 1.54) is 0 Å². The summed E-state index contributed by atoms with van der Waals surface area (Å²) in [6.45, 7) is 6.70. The van der Waals surface area contributed by atoms with E-state index < -0.39 is 0 Å². The Balaban J connectivity index is 2.86. The van der Waals surface area contributed by atoms with Crippen molar-refractivity contribution in [2.45, 2.75) is 58.9 Å². The van der Waals surface area contributed by atoms with Gasteiger partial charge in [0.25, 0.3) is 5.91 Å². The van der Waals surface area contributed by atoms with Crippen LogP contribution in [0.1, 0.15) is 63.2 Å². The van der Waals surface area contributed by atoms with Gasteiger partial charge in [-0.25, -0.2) is 0 Å². The van der Waals surface area contributed by atoms with Crippen LogP contribution in [-0.2, 0) is 0 Å². The Hall–Kier alpha value is -1.71. The van der Waals surface area contributed by atoms with Crippen LogP contribution in [0.5, 0.6) is 5.75 Å². The molecule has 0 aromatic heterocycles. The van der Waals surface area contributed by atoms with Crippen molar-refractivity contribution in [3.63, 3.8) is 0 Å². The van der Waals surface area contributed by atoms with Crippen molar-refractivity contribution < 1.29 is 9.53 Å². The molecular weight excluding hydrogens is 264 g/mol. The minimum absolute atomic E-state index is 0.133. The van der Waals surface area contributed by atoms with Crippen molar-refractivity contribution >= 4 is 11.6 Å². The van der Waals surface area contributed by atoms with Gasteiger partial charge in [0.1, 0.15) is 11.3 Å². The van der Waals surface area contributed by atoms with Crippen molar-refractivity contribution in [1.82, 2.24) is 5.32 Å². The van der Waals surface area contributed by atoms with Crippen molar-refractivity contribution in [2.75, 3.05) is 12.3 Å². The molecule has 0 radical (unpaired) electrons. The summed E-state index contributed by atoms with van der Waals surface area (Å²) < 4.78 is 5.52. The number of amides is 1. The standard InChI is InChI=1S/C17H28N2O2/c1-4-7-10-13(9-5-2)19-17(20)16-14(18)11-8-12-15(16)21-6-3/h8,11-13H,4-7,9-10,18H2,1-3H3,(H,19,20). The molecule has 1 unspecified atom stereocenters. The number of unbranched alkanes of at least 4 members (excludes halogenated alkanes) is 1. The van der Waals surface area contributed by atoms with Crippen molar-refractivity contribution in [3.05, 3.63) is 23.8 Å². The SMILES string of the molecule is CCCCC(CCC)NC(=O)c1c(N)cccc1OCC. The average Bonchev–Trinajstić information content (AvgIpc) is 2.45. The molecule has 1 amide bonds. The number of benzene rings is 1. The lowest BCUT2D eigenvalue weighted by Gasteiger charge is -2.19. The Morgan fingerprint density at radius 3 is 2.62 bits per heavy atom. The molecule has 0 saturated carbocycles. The van der Waals surface area contributed by atoms with Crippen molar-refractivity contribution in [3.8, 4) is 5.75 Å². The number of anilines is 1. The molecule has 118 valence electrons. The van der Waals surface area contributed by atoms with Crippen LogP contribution in [-0.4, -0.2) is 18.6 Å². The normalized spacial score (nSPS) is 12.0. The van der Waals surface area contributed by atoms with E-state index in [1.807, 2.05) is 6.92 Å². The maximum absolute atomic E-state index is 12.5. The fourth-order valence-electron chi connectivity index (χ4n) is 2.41. The average molecular weight is 292 g/mol. The molecule has 0 aliphatic carbocycles. The van der Waals surface area contributed by atoms with Crippen LogP contribution >= 0.6 is 0 Å². The van der Waals surface area contributed by atoms with E-state index in [0.717, 1.165) is 32.1 Å². The molecule has 0 bridgehead atoms. The zero-order valence-corrected chi connectivity index (χ0v) is 13.4. The second-order valence-corrected chi connectivity index (χ2v) is 5.25. The fourth-order valence-corrected chi connectivity index (χ4v) is 2.41. The monoisotopic (exact) mass is 292 g/mol. The lowest BCUT2D eigenvalue weighted by molar-refractivity contribution is 0.0929. The van der Waals surface area contributed by atoms with Gasteiger partial charge in [0.2, 0.25) is 0 Å². The van der Waals surface area contributed by atoms with Gasteiger partial charge >= 0.3 is 0 Å². The summed E-state index contributed by atoms with van der Waals surface area (Å²) in [5.41, 5.74) is 6.88. The van der Waals surface area contributed by atoms with Crippen LogP contribution in [0.2, 0.25) is 0 Å². The minimum atomic E-state index is -0.133. The molecule has 0 saturated heterocycles. The van der Waals surface area contributed by atoms with Gasteiger partial charge in [-0.2, -0.15) is 0 Å². The molecule has 0 aliphatic rings. The molecule has 4 heteroatoms. The predicted molar refractivity (Wildman–Crippen MR) is 87.7 cm³/mol. The van der Waals surface area contributed by atoms with Crippen LogP contribution < -0.4 is 15.8 Å². The quantitative estimate of drug-likeness (QED) is 0.681. The van der Waals surface area contributed by atoms with E-state index in [2.05, 4.69) is 19.2 Å². The van der Waals surface area contributed by atoms with Crippen LogP contribution in [0.4, 0.5) is 5.69 Å². The second-order valence-electron chi connectivity index (χ2n) is 5.25. The van der Waals surface area contributed by atoms with E-state index in [-0.39, 0.29) is 11.9 Å². The summed E-state index contributed by atoms with van der Waals surface area (Å²) in [6.07, 6.45) is 5.30. The second kappa shape index (κ2) is 9.27. The molecule has 1 aromatic carbocycles. The van der Waals surface area contributed by atoms with Gasteiger partial charge in [-0.3, -0.25) is 4.79 Å². The molecule has 0 spiro atoms. The molecule has 1 aromatic rings. The number of rotatable bonds is 9. The first kappa shape index (κ1) is 17.3. The van der Waals surface area contributed by atoms with Gasteiger partial charge < -0.3 is 15.8 Å². The third-order valence-electron chi connectivity index (χ3n) is 3.46. The highest BCUT2D eigenvalue weighted by Gasteiger charge is 2.19. The highest BCUT2D eigenvalue weighted by Crippen LogP contribution is 2.25. The van der Waals surface area contributed by atoms with Gasteiger partial charge in [0.15, 0.2) is 0 Å². The first-order valence-electron chi connectivity index (χ1n) is 7.96. The van der Waals surface area contributed by atoms with Gasteiger partial charge in [0, 0.05) is 11.7 Å². The first-order valence-corrected chi connectivity index (χ1v) is 7.96. The molecule has 0 heterocycles. The topological polar surface area (TPSA) is 64.4 Å². The smallest absolute Gasteiger partial charge is 0.257 e. The number of ether oxygens (including phenoxy) is 1. The summed E-state index contributed by atoms with van der Waals surface area (Å²) in [6, 6.07) is 5.53. The van der Waals surface area contributed by atoms with Gasteiger partial charge in [0.05, 0.1) is 6.61 Å². The Morgan fingerprint density at radius 1 is 1.24 bits per heavy atom. The van der Waals surface area contributed by atoms with Crippen LogP contribution in [0.25, 0.3) is 0 Å². The summed E-state index contributed by atoms with van der Waals surface area (Å²) in [5, 5.41) is 3.11. The molecule has 21 heavy (non-hydrogen) atoms. The maximum Gasteiger partial charge on any atom is 0.257 e. The number of nitrogens with two attached hydrogens (primary N) is 1. The third kappa shape index (κ3) is 5.29. The van der Waals surface area contributed by atoms with E-state index in [1.54, 1.807) is 18.2 Å². The molecule has 0 fully saturated rings. The molecule has 4 nitrogen and oxygen atoms in total. The van der Waals surface area contributed by atoms with Gasteiger partial charge in [-0.1, -0.05) is 39.2 Å². The number of nitrogen functional groups attached to an aromatic ring is 1. The highest BCUT2D eigenvalue weighted by atomic mass is 16.5. The Bertz CT molecular complexity index is 446. The summed E-state index contributed by atoms with van der Waals surface area (Å²) >= 11 is 0. The zero-order chi connectivity index (χ0) is 15.7. The summed E-state index contributed by atoms with van der Waals surface area (Å²) in [5.74, 6) is 0.423. The Kier molecular flexibility index (Phi) is 7.65. The van der Waals surface area contributed by atoms with E-state index in [4.69, 9.17) is 10.5 Å². The van der Waals surface area contributed by atoms with E-state index in [9.17, 15) is 4.79 Å². The van der Waals surface area contributed by atoms with Crippen LogP contribution in [0.15, 0.2) is 18.2 Å². The van der Waals surface area contributed by atoms with Crippen molar-refractivity contribution in [1.29, 1.82) is 0 Å². The van der Waals surface area contributed by atoms with Crippen molar-refractivity contribution in [2.24, 2.45) is 0 Å². The predicted octanol–water partition coefficient (Wildman–Crippen LogP) is 3.76. The minimum Gasteiger partial charge on any atom is -0.493 e. The maximum atomic E-state index is 12.5. The van der Waals surface area contributed by atoms with E-state index >= 15 is 0 Å². The van der Waals surface area contributed by atoms with Crippen LogP contribution in [0, 0.1) is 0 Å². The summed E-state index contributed by atoms with van der Waals surface area (Å²) in [7, 11) is 0. The Labute approximate surface area is 128 Å². The number of nitrogens with one attached hydrogen (secondary N) is 1. The number of carbonyl (C=O) groups is 1. The highest BCUT2D eigenvalue weighted by molar-refractivity contribution is 6.02. The molecular formula is C17H28N2O2. The molecule has 1 rings (SSSR count). The zero-order valence-electron chi connectivity index (χ0n) is 13.4. The number of hydrogen-bond donors (Lipinski definition) is 2. The lowest BCUT2D eigenvalue weighted by Crippen LogP contribution is -2.35. The molecule has 0 aliphatic heterocycles. The van der Waals surface area contributed by atoms with Gasteiger partial charge in [-0.05, 0) is 31.9 Å². The van der Waals surface area contributed by atoms with Crippen LogP contribution in [0.3, 0.4) is 0 Å². The number of carbonyl (C=O) groups excluding carboxylic acids is 1. The lowest BCUT2D eigenvalue weighted by atomic mass is 10.0. The molecule has 1 atom stereocenters. The van der Waals surface area contributed by atoms with E-state index in [0.29, 0.717) is 23.6 Å². The largest absolute Gasteiger partial charge is 0.493 e. The third-order valence-corrected chi connectivity index (χ3v) is 3.46. The fraction of sp³-hybridized carbons (Fsp3) is 0.588.